The van der Waals surface area contributed by atoms with Crippen LogP contribution in [-0.2, 0) is 64.0 Å². The highest BCUT2D eigenvalue weighted by molar-refractivity contribution is 6.00. The van der Waals surface area contributed by atoms with Gasteiger partial charge in [-0.25, -0.2) is 0 Å². The molecule has 8 atom stereocenters. The fraction of sp³-hybridized carbons (Fsp3) is 0.647. The number of phenols is 1. The number of primary amides is 4. The molecule has 2 saturated heterocycles. The fourth-order valence-electron chi connectivity index (χ4n) is 9.14. The molecule has 0 aliphatic carbocycles. The molecule has 17 N–H and O–H groups in total. The van der Waals surface area contributed by atoms with Gasteiger partial charge in [0.1, 0.15) is 48.0 Å². The molecular formula is C51H80N12O14. The van der Waals surface area contributed by atoms with Crippen molar-refractivity contribution < 1.29 is 67.7 Å². The van der Waals surface area contributed by atoms with Crippen LogP contribution in [0.1, 0.15) is 147 Å². The number of carbonyl (C=O) groups is 12. The zero-order chi connectivity index (χ0) is 57.0. The van der Waals surface area contributed by atoms with Crippen molar-refractivity contribution in [2.75, 3.05) is 13.2 Å². The number of nitrogens with zero attached hydrogens (tertiary/aromatic N) is 1. The number of nitrogens with two attached hydrogens (primary N) is 4. The summed E-state index contributed by atoms with van der Waals surface area (Å²) in [6, 6.07) is -7.34. The van der Waals surface area contributed by atoms with E-state index >= 15 is 0 Å². The summed E-state index contributed by atoms with van der Waals surface area (Å²) in [4.78, 5) is 162. The number of amides is 12. The number of nitrogens with one attached hydrogen (secondary N) is 7. The molecule has 26 nitrogen and oxygen atoms in total. The number of hydrogen-bond donors (Lipinski definition) is 13. The first-order chi connectivity index (χ1) is 36.6. The summed E-state index contributed by atoms with van der Waals surface area (Å²) in [6.45, 7) is 1.08. The molecular weight excluding hydrogens is 1000 g/mol. The van der Waals surface area contributed by atoms with E-state index in [9.17, 15) is 67.7 Å². The third kappa shape index (κ3) is 23.6. The Hall–Kier alpha value is -7.38. The molecule has 1 aromatic carbocycles. The highest BCUT2D eigenvalue weighted by Crippen LogP contribution is 2.21. The van der Waals surface area contributed by atoms with Gasteiger partial charge in [0.15, 0.2) is 0 Å². The molecule has 2 aliphatic rings. The number of benzene rings is 1. The molecule has 1 aromatic rings. The van der Waals surface area contributed by atoms with Crippen LogP contribution in [0.3, 0.4) is 0 Å². The van der Waals surface area contributed by atoms with Gasteiger partial charge < -0.3 is 75.3 Å². The largest absolute Gasteiger partial charge is 0.508 e. The van der Waals surface area contributed by atoms with Gasteiger partial charge >= 0.3 is 0 Å². The van der Waals surface area contributed by atoms with Crippen molar-refractivity contribution in [3.05, 3.63) is 29.8 Å². The molecule has 3 rings (SSSR count). The van der Waals surface area contributed by atoms with Crippen molar-refractivity contribution in [2.24, 2.45) is 22.9 Å². The van der Waals surface area contributed by atoms with Gasteiger partial charge in [0.2, 0.25) is 70.9 Å². The van der Waals surface area contributed by atoms with Crippen molar-refractivity contribution in [3.8, 4) is 5.75 Å². The van der Waals surface area contributed by atoms with Crippen molar-refractivity contribution in [1.82, 2.24) is 42.1 Å². The minimum atomic E-state index is -1.86. The standard InChI is InChI=1S/C51H80N12O14/c1-2-3-4-5-6-7-8-9-10-11-12-13-15-31-25-44(70)57-35(26-41(53)67)46(72)59-34(24-30-17-19-32(65)20-18-30)45(71)60-36(27-42(54)68)47(73)58-33(21-22-40(52)66)51(77)63-23-14-16-39(63)50(76)61-37(28-43(55)69)48(74)62-38(29-64)49(75)56-31/h17-20,31,33-39,64-65H,2-16,21-29H2,1H3,(H2,52,66)(H2,53,67)(H2,54,68)(H2,55,69)(H,56,75)(H,57,70)(H,58,73)(H,59,72)(H,60,71)(H,61,76)(H,62,74). The van der Waals surface area contributed by atoms with Crippen LogP contribution in [-0.4, -0.2) is 147 Å². The average Bonchev–Trinajstić information content (AvgIpc) is 3.86. The van der Waals surface area contributed by atoms with Gasteiger partial charge in [-0.2, -0.15) is 0 Å². The lowest BCUT2D eigenvalue weighted by Gasteiger charge is -2.31. The number of aliphatic hydroxyl groups is 1. The molecule has 8 unspecified atom stereocenters. The van der Waals surface area contributed by atoms with Gasteiger partial charge in [-0.1, -0.05) is 96.1 Å². The monoisotopic (exact) mass is 1080 g/mol. The van der Waals surface area contributed by atoms with Crippen LogP contribution < -0.4 is 60.2 Å². The lowest BCUT2D eigenvalue weighted by atomic mass is 10.0. The smallest absolute Gasteiger partial charge is 0.245 e. The van der Waals surface area contributed by atoms with Crippen LogP contribution >= 0.6 is 0 Å². The SMILES string of the molecule is CCCCCCCCCCCCCCC1CC(=O)NC(CC(N)=O)C(=O)NC(Cc2ccc(O)cc2)C(=O)NC(CC(N)=O)C(=O)NC(CCC(N)=O)C(=O)N2CCCC2C(=O)NC(CC(N)=O)C(=O)NC(CO)C(=O)N1. The molecule has 2 heterocycles. The third-order valence-corrected chi connectivity index (χ3v) is 13.3. The number of hydrogen-bond acceptors (Lipinski definition) is 14. The van der Waals surface area contributed by atoms with E-state index in [2.05, 4.69) is 44.1 Å². The minimum Gasteiger partial charge on any atom is -0.508 e. The van der Waals surface area contributed by atoms with Gasteiger partial charge in [-0.15, -0.1) is 0 Å². The molecule has 0 aromatic heterocycles. The van der Waals surface area contributed by atoms with Crippen LogP contribution in [0.4, 0.5) is 0 Å². The van der Waals surface area contributed by atoms with E-state index in [-0.39, 0.29) is 38.0 Å². The molecule has 0 radical (unpaired) electrons. The molecule has 77 heavy (non-hydrogen) atoms. The summed E-state index contributed by atoms with van der Waals surface area (Å²) in [5.41, 5.74) is 22.2. The van der Waals surface area contributed by atoms with Gasteiger partial charge in [-0.3, -0.25) is 57.5 Å². The van der Waals surface area contributed by atoms with Gasteiger partial charge in [0.25, 0.3) is 0 Å². The predicted octanol–water partition coefficient (Wildman–Crippen LogP) is -2.30. The number of fused-ring (bicyclic) bond motifs is 1. The molecule has 2 aliphatic heterocycles. The summed E-state index contributed by atoms with van der Waals surface area (Å²) < 4.78 is 0. The Kier molecular flexibility index (Phi) is 27.9. The second kappa shape index (κ2) is 33.6. The molecule has 12 amide bonds. The number of aliphatic hydroxyl groups excluding tert-OH is 1. The van der Waals surface area contributed by atoms with E-state index in [0.29, 0.717) is 18.4 Å². The number of rotatable bonds is 25. The lowest BCUT2D eigenvalue weighted by molar-refractivity contribution is -0.143. The third-order valence-electron chi connectivity index (χ3n) is 13.3. The van der Waals surface area contributed by atoms with E-state index in [1.165, 1.54) is 56.4 Å². The topological polar surface area (TPSA) is 437 Å². The van der Waals surface area contributed by atoms with Gasteiger partial charge in [0, 0.05) is 31.8 Å². The van der Waals surface area contributed by atoms with E-state index in [1.807, 2.05) is 0 Å². The van der Waals surface area contributed by atoms with Crippen LogP contribution in [0.15, 0.2) is 24.3 Å². The highest BCUT2D eigenvalue weighted by atomic mass is 16.3. The zero-order valence-corrected chi connectivity index (χ0v) is 43.9. The summed E-state index contributed by atoms with van der Waals surface area (Å²) in [7, 11) is 0. The maximum atomic E-state index is 14.3. The maximum Gasteiger partial charge on any atom is 0.245 e. The molecule has 0 spiro atoms. The Balaban J connectivity index is 2.08. The summed E-state index contributed by atoms with van der Waals surface area (Å²) in [5.74, 6) is -12.6. The van der Waals surface area contributed by atoms with Gasteiger partial charge in [-0.05, 0) is 43.4 Å². The van der Waals surface area contributed by atoms with Crippen LogP contribution in [0.2, 0.25) is 0 Å². The fourth-order valence-corrected chi connectivity index (χ4v) is 9.14. The van der Waals surface area contributed by atoms with E-state index < -0.39 is 164 Å². The van der Waals surface area contributed by atoms with E-state index in [4.69, 9.17) is 22.9 Å². The second-order valence-corrected chi connectivity index (χ2v) is 19.8. The molecule has 2 fully saturated rings. The number of phenolic OH excluding ortho intramolecular Hbond substituents is 1. The van der Waals surface area contributed by atoms with Crippen molar-refractivity contribution in [2.45, 2.75) is 197 Å². The normalized spacial score (nSPS) is 23.6. The number of unbranched alkanes of at least 4 members (excludes halogenated alkanes) is 11. The Bertz CT molecular complexity index is 2210. The number of aromatic hydroxyl groups is 1. The quantitative estimate of drug-likeness (QED) is 0.0459. The van der Waals surface area contributed by atoms with E-state index in [0.717, 1.165) is 37.0 Å². The van der Waals surface area contributed by atoms with Crippen LogP contribution in [0.5, 0.6) is 5.75 Å². The second-order valence-electron chi connectivity index (χ2n) is 19.8. The summed E-state index contributed by atoms with van der Waals surface area (Å²) >= 11 is 0. The summed E-state index contributed by atoms with van der Waals surface area (Å²) in [5, 5.41) is 37.3. The maximum absolute atomic E-state index is 14.3. The van der Waals surface area contributed by atoms with Crippen LogP contribution in [0, 0.1) is 0 Å². The predicted molar refractivity (Wildman–Crippen MR) is 277 cm³/mol. The molecule has 428 valence electrons. The molecule has 0 saturated carbocycles. The first-order valence-corrected chi connectivity index (χ1v) is 26.6. The molecule has 0 bridgehead atoms. The highest BCUT2D eigenvalue weighted by Gasteiger charge is 2.41. The van der Waals surface area contributed by atoms with E-state index in [1.54, 1.807) is 0 Å². The summed E-state index contributed by atoms with van der Waals surface area (Å²) in [6.07, 6.45) is 8.40. The van der Waals surface area contributed by atoms with Crippen molar-refractivity contribution in [3.63, 3.8) is 0 Å². The Labute approximate surface area is 447 Å². The van der Waals surface area contributed by atoms with Crippen LogP contribution in [0.25, 0.3) is 0 Å². The van der Waals surface area contributed by atoms with Gasteiger partial charge in [0.05, 0.1) is 25.9 Å². The first kappa shape index (κ1) is 63.9. The number of carbonyl (C=O) groups excluding carboxylic acids is 12. The Morgan fingerprint density at radius 3 is 1.48 bits per heavy atom. The Morgan fingerprint density at radius 2 is 0.974 bits per heavy atom. The van der Waals surface area contributed by atoms with Crippen molar-refractivity contribution >= 4 is 70.9 Å². The Morgan fingerprint density at radius 1 is 0.532 bits per heavy atom. The molecule has 26 heteroatoms. The van der Waals surface area contributed by atoms with Crippen molar-refractivity contribution in [1.29, 1.82) is 0 Å². The zero-order valence-electron chi connectivity index (χ0n) is 43.9. The minimum absolute atomic E-state index is 0.00357. The first-order valence-electron chi connectivity index (χ1n) is 26.6. The lowest BCUT2D eigenvalue weighted by Crippen LogP contribution is -2.60. The average molecular weight is 1090 g/mol.